The summed E-state index contributed by atoms with van der Waals surface area (Å²) in [5, 5.41) is 10.6. The van der Waals surface area contributed by atoms with Crippen LogP contribution in [0.4, 0.5) is 5.82 Å². The zero-order valence-electron chi connectivity index (χ0n) is 14.3. The number of pyridine rings is 1. The smallest absolute Gasteiger partial charge is 0.295 e. The second-order valence-electron chi connectivity index (χ2n) is 6.13. The van der Waals surface area contributed by atoms with Crippen LogP contribution in [-0.2, 0) is 4.79 Å². The quantitative estimate of drug-likeness (QED) is 0.721. The monoisotopic (exact) mass is 356 g/mol. The normalized spacial score (nSPS) is 16.7. The Labute approximate surface area is 156 Å². The Morgan fingerprint density at radius 2 is 1.52 bits per heavy atom. The molecule has 0 fully saturated rings. The Morgan fingerprint density at radius 3 is 2.15 bits per heavy atom. The molecule has 0 spiro atoms. The molecule has 1 aliphatic heterocycles. The van der Waals surface area contributed by atoms with Crippen molar-refractivity contribution in [2.75, 3.05) is 4.90 Å². The van der Waals surface area contributed by atoms with E-state index in [-0.39, 0.29) is 11.4 Å². The first-order valence-electron chi connectivity index (χ1n) is 8.51. The third-order valence-electron chi connectivity index (χ3n) is 4.50. The van der Waals surface area contributed by atoms with Crippen molar-refractivity contribution in [2.24, 2.45) is 0 Å². The van der Waals surface area contributed by atoms with E-state index in [1.165, 1.54) is 4.90 Å². The van der Waals surface area contributed by atoms with Crippen molar-refractivity contribution in [1.82, 2.24) is 4.98 Å². The van der Waals surface area contributed by atoms with Gasteiger partial charge in [0.2, 0.25) is 0 Å². The van der Waals surface area contributed by atoms with E-state index in [1.807, 2.05) is 30.3 Å². The maximum Gasteiger partial charge on any atom is 0.295 e. The molecule has 3 aromatic rings. The number of carbonyl (C=O) groups is 2. The maximum atomic E-state index is 13.1. The molecule has 1 N–H and O–H groups in total. The van der Waals surface area contributed by atoms with E-state index < -0.39 is 17.7 Å². The lowest BCUT2D eigenvalue weighted by molar-refractivity contribution is -0.117. The van der Waals surface area contributed by atoms with Gasteiger partial charge >= 0.3 is 0 Å². The number of amides is 1. The van der Waals surface area contributed by atoms with Crippen molar-refractivity contribution >= 4 is 17.5 Å². The fraction of sp³-hybridized carbons (Fsp3) is 0.0455. The molecule has 1 aliphatic rings. The molecule has 132 valence electrons. The number of benzene rings is 2. The second-order valence-corrected chi connectivity index (χ2v) is 6.13. The Morgan fingerprint density at radius 1 is 0.889 bits per heavy atom. The van der Waals surface area contributed by atoms with Crippen molar-refractivity contribution < 1.29 is 14.7 Å². The van der Waals surface area contributed by atoms with Gasteiger partial charge < -0.3 is 5.11 Å². The van der Waals surface area contributed by atoms with E-state index in [1.54, 1.807) is 54.7 Å². The van der Waals surface area contributed by atoms with Crippen LogP contribution in [0.25, 0.3) is 0 Å². The van der Waals surface area contributed by atoms with E-state index in [4.69, 9.17) is 0 Å². The van der Waals surface area contributed by atoms with E-state index in [0.717, 1.165) is 5.56 Å². The molecule has 1 amide bonds. The molecule has 0 bridgehead atoms. The Kier molecular flexibility index (Phi) is 4.26. The topological polar surface area (TPSA) is 70.5 Å². The number of hydrogen-bond acceptors (Lipinski definition) is 4. The first-order valence-corrected chi connectivity index (χ1v) is 8.51. The summed E-state index contributed by atoms with van der Waals surface area (Å²) in [6.07, 6.45) is 1.57. The van der Waals surface area contributed by atoms with Crippen LogP contribution < -0.4 is 4.90 Å². The Hall–Kier alpha value is -3.73. The molecule has 0 saturated carbocycles. The number of nitrogens with zero attached hydrogens (tertiary/aromatic N) is 2. The van der Waals surface area contributed by atoms with Gasteiger partial charge in [-0.05, 0) is 17.7 Å². The number of hydrogen-bond donors (Lipinski definition) is 1. The van der Waals surface area contributed by atoms with E-state index in [0.29, 0.717) is 11.4 Å². The highest BCUT2D eigenvalue weighted by Crippen LogP contribution is 2.40. The van der Waals surface area contributed by atoms with Crippen molar-refractivity contribution in [2.45, 2.75) is 6.04 Å². The fourth-order valence-electron chi connectivity index (χ4n) is 3.27. The van der Waals surface area contributed by atoms with Crippen molar-refractivity contribution in [3.63, 3.8) is 0 Å². The van der Waals surface area contributed by atoms with Gasteiger partial charge in [-0.25, -0.2) is 4.98 Å². The number of aliphatic hydroxyl groups excluding tert-OH is 1. The second kappa shape index (κ2) is 6.88. The third kappa shape index (κ3) is 2.89. The lowest BCUT2D eigenvalue weighted by Gasteiger charge is -2.25. The molecular formula is C22H16N2O3. The lowest BCUT2D eigenvalue weighted by atomic mass is 9.93. The van der Waals surface area contributed by atoms with Crippen LogP contribution in [0.5, 0.6) is 0 Å². The molecular weight excluding hydrogens is 340 g/mol. The molecule has 1 unspecified atom stereocenters. The van der Waals surface area contributed by atoms with Crippen LogP contribution in [-0.4, -0.2) is 21.8 Å². The highest BCUT2D eigenvalue weighted by atomic mass is 16.3. The molecule has 2 heterocycles. The zero-order valence-corrected chi connectivity index (χ0v) is 14.3. The molecule has 4 rings (SSSR count). The number of aliphatic hydroxyl groups is 1. The van der Waals surface area contributed by atoms with E-state index in [2.05, 4.69) is 4.98 Å². The van der Waals surface area contributed by atoms with Crippen LogP contribution in [0.2, 0.25) is 0 Å². The molecule has 5 nitrogen and oxygen atoms in total. The lowest BCUT2D eigenvalue weighted by Crippen LogP contribution is -2.31. The SMILES string of the molecule is O=C(C1=C(O)C(=O)N(c2ccccn2)C1c1ccccc1)c1ccccc1. The van der Waals surface area contributed by atoms with Crippen LogP contribution in [0.1, 0.15) is 22.0 Å². The number of rotatable bonds is 4. The zero-order chi connectivity index (χ0) is 18.8. The van der Waals surface area contributed by atoms with E-state index in [9.17, 15) is 14.7 Å². The van der Waals surface area contributed by atoms with Crippen molar-refractivity contribution in [1.29, 1.82) is 0 Å². The Bertz CT molecular complexity index is 1020. The van der Waals surface area contributed by atoms with Crippen LogP contribution in [0.3, 0.4) is 0 Å². The Balaban J connectivity index is 1.88. The van der Waals surface area contributed by atoms with Gasteiger partial charge in [-0.15, -0.1) is 0 Å². The summed E-state index contributed by atoms with van der Waals surface area (Å²) < 4.78 is 0. The van der Waals surface area contributed by atoms with Crippen LogP contribution in [0.15, 0.2) is 96.4 Å². The third-order valence-corrected chi connectivity index (χ3v) is 4.50. The van der Waals surface area contributed by atoms with Crippen molar-refractivity contribution in [3.8, 4) is 0 Å². The van der Waals surface area contributed by atoms with E-state index >= 15 is 0 Å². The van der Waals surface area contributed by atoms with Crippen LogP contribution >= 0.6 is 0 Å². The summed E-state index contributed by atoms with van der Waals surface area (Å²) in [4.78, 5) is 31.6. The first-order chi connectivity index (χ1) is 13.2. The summed E-state index contributed by atoms with van der Waals surface area (Å²) in [7, 11) is 0. The minimum Gasteiger partial charge on any atom is -0.503 e. The van der Waals surface area contributed by atoms with Gasteiger partial charge in [0.15, 0.2) is 11.5 Å². The van der Waals surface area contributed by atoms with Gasteiger partial charge in [0, 0.05) is 11.8 Å². The largest absolute Gasteiger partial charge is 0.503 e. The van der Waals surface area contributed by atoms with Crippen molar-refractivity contribution in [3.05, 3.63) is 108 Å². The van der Waals surface area contributed by atoms with Gasteiger partial charge in [-0.2, -0.15) is 0 Å². The standard InChI is InChI=1S/C22H16N2O3/c25-20(16-11-5-2-6-12-16)18-19(15-9-3-1-4-10-15)24(22(27)21(18)26)17-13-7-8-14-23-17/h1-14,19,26H. The molecule has 0 saturated heterocycles. The predicted octanol–water partition coefficient (Wildman–Crippen LogP) is 3.86. The summed E-state index contributed by atoms with van der Waals surface area (Å²) in [6, 6.07) is 22.2. The summed E-state index contributed by atoms with van der Waals surface area (Å²) in [6.45, 7) is 0. The minimum atomic E-state index is -0.749. The molecule has 0 radical (unpaired) electrons. The van der Waals surface area contributed by atoms with Crippen LogP contribution in [0, 0.1) is 0 Å². The van der Waals surface area contributed by atoms with Gasteiger partial charge in [0.25, 0.3) is 5.91 Å². The molecule has 5 heteroatoms. The fourth-order valence-corrected chi connectivity index (χ4v) is 3.27. The molecule has 0 aliphatic carbocycles. The maximum absolute atomic E-state index is 13.1. The number of ketones is 1. The number of Topliss-reactive ketones (excluding diaryl/α,β-unsaturated/α-hetero) is 1. The summed E-state index contributed by atoms with van der Waals surface area (Å²) in [5.74, 6) is -1.18. The van der Waals surface area contributed by atoms with Gasteiger partial charge in [-0.1, -0.05) is 66.7 Å². The predicted molar refractivity (Wildman–Crippen MR) is 101 cm³/mol. The van der Waals surface area contributed by atoms with Gasteiger partial charge in [0.05, 0.1) is 11.6 Å². The number of anilines is 1. The average Bonchev–Trinajstić information content (AvgIpc) is 3.00. The van der Waals surface area contributed by atoms with Gasteiger partial charge in [0.1, 0.15) is 5.82 Å². The summed E-state index contributed by atoms with van der Waals surface area (Å²) in [5.41, 5.74) is 1.19. The highest BCUT2D eigenvalue weighted by Gasteiger charge is 2.45. The molecule has 27 heavy (non-hydrogen) atoms. The molecule has 2 aromatic carbocycles. The number of aromatic nitrogens is 1. The highest BCUT2D eigenvalue weighted by molar-refractivity contribution is 6.20. The minimum absolute atomic E-state index is 0.0584. The van der Waals surface area contributed by atoms with Gasteiger partial charge in [-0.3, -0.25) is 14.5 Å². The summed E-state index contributed by atoms with van der Waals surface area (Å²) >= 11 is 0. The molecule has 1 atom stereocenters. The number of carbonyl (C=O) groups excluding carboxylic acids is 2. The first kappa shape index (κ1) is 16.7. The molecule has 1 aromatic heterocycles. The average molecular weight is 356 g/mol.